The molecule has 1 saturated heterocycles. The molecular weight excluding hydrogens is 269 g/mol. The number of aromatic nitrogens is 1. The quantitative estimate of drug-likeness (QED) is 0.565. The molecule has 8 heteroatoms. The molecule has 7 nitrogen and oxygen atoms in total. The lowest BCUT2D eigenvalue weighted by Crippen LogP contribution is -2.61. The van der Waals surface area contributed by atoms with E-state index in [1.54, 1.807) is 5.32 Å². The van der Waals surface area contributed by atoms with Crippen molar-refractivity contribution in [2.24, 2.45) is 0 Å². The van der Waals surface area contributed by atoms with Crippen LogP contribution in [0, 0.1) is 0 Å². The Labute approximate surface area is 111 Å². The van der Waals surface area contributed by atoms with Gasteiger partial charge >= 0.3 is 0 Å². The van der Waals surface area contributed by atoms with Gasteiger partial charge in [-0.05, 0) is 12.1 Å². The Kier molecular flexibility index (Phi) is 2.43. The van der Waals surface area contributed by atoms with Crippen molar-refractivity contribution in [3.05, 3.63) is 29.6 Å². The minimum absolute atomic E-state index is 0.0563. The Morgan fingerprint density at radius 2 is 2.00 bits per heavy atom. The predicted octanol–water partition coefficient (Wildman–Crippen LogP) is -0.220. The molecule has 1 aromatic rings. The Balaban J connectivity index is 2.04. The number of pyridine rings is 1. The van der Waals surface area contributed by atoms with E-state index in [0.29, 0.717) is 0 Å². The van der Waals surface area contributed by atoms with Crippen LogP contribution in [0.15, 0.2) is 18.3 Å². The molecule has 0 aromatic carbocycles. The SMILES string of the molecule is O=C1CCC(F)(N2C(=O)c3cccnc3C2=O)C(=O)N1. The lowest BCUT2D eigenvalue weighted by molar-refractivity contribution is -0.151. The number of alkyl halides is 1. The third kappa shape index (κ3) is 1.47. The van der Waals surface area contributed by atoms with Gasteiger partial charge in [-0.2, -0.15) is 0 Å². The summed E-state index contributed by atoms with van der Waals surface area (Å²) in [5, 5.41) is 1.80. The molecule has 0 bridgehead atoms. The zero-order chi connectivity index (χ0) is 14.5. The van der Waals surface area contributed by atoms with Crippen LogP contribution in [0.25, 0.3) is 0 Å². The predicted molar refractivity (Wildman–Crippen MR) is 61.0 cm³/mol. The molecule has 4 amide bonds. The summed E-state index contributed by atoms with van der Waals surface area (Å²) >= 11 is 0. The Morgan fingerprint density at radius 3 is 2.65 bits per heavy atom. The van der Waals surface area contributed by atoms with Crippen LogP contribution in [0.4, 0.5) is 4.39 Å². The molecule has 0 saturated carbocycles. The van der Waals surface area contributed by atoms with Gasteiger partial charge in [0.25, 0.3) is 23.5 Å². The molecule has 3 rings (SSSR count). The number of piperidine rings is 1. The van der Waals surface area contributed by atoms with Gasteiger partial charge in [-0.1, -0.05) is 0 Å². The van der Waals surface area contributed by atoms with Crippen LogP contribution < -0.4 is 5.32 Å². The molecule has 1 N–H and O–H groups in total. The van der Waals surface area contributed by atoms with Crippen molar-refractivity contribution < 1.29 is 23.6 Å². The average Bonchev–Trinajstić information content (AvgIpc) is 2.68. The fourth-order valence-electron chi connectivity index (χ4n) is 2.28. The van der Waals surface area contributed by atoms with E-state index in [9.17, 15) is 23.6 Å². The normalized spacial score (nSPS) is 25.8. The highest BCUT2D eigenvalue weighted by atomic mass is 19.1. The van der Waals surface area contributed by atoms with Gasteiger partial charge in [0, 0.05) is 19.0 Å². The number of carbonyl (C=O) groups excluding carboxylic acids is 4. The molecule has 3 heterocycles. The first-order valence-corrected chi connectivity index (χ1v) is 5.82. The van der Waals surface area contributed by atoms with Crippen molar-refractivity contribution in [3.8, 4) is 0 Å². The topological polar surface area (TPSA) is 96.4 Å². The maximum absolute atomic E-state index is 14.8. The van der Waals surface area contributed by atoms with Crippen molar-refractivity contribution in [1.82, 2.24) is 15.2 Å². The zero-order valence-electron chi connectivity index (χ0n) is 10.1. The lowest BCUT2D eigenvalue weighted by atomic mass is 10.0. The van der Waals surface area contributed by atoms with E-state index >= 15 is 0 Å². The molecule has 0 aliphatic carbocycles. The van der Waals surface area contributed by atoms with E-state index in [0.717, 1.165) is 0 Å². The fourth-order valence-corrected chi connectivity index (χ4v) is 2.28. The van der Waals surface area contributed by atoms with Crippen LogP contribution in [0.5, 0.6) is 0 Å². The summed E-state index contributed by atoms with van der Waals surface area (Å²) in [5.41, 5.74) is -0.251. The number of hydrogen-bond donors (Lipinski definition) is 1. The molecule has 20 heavy (non-hydrogen) atoms. The maximum atomic E-state index is 14.8. The first-order valence-electron chi connectivity index (χ1n) is 5.82. The molecule has 1 aromatic heterocycles. The number of nitrogens with zero attached hydrogens (tertiary/aromatic N) is 2. The molecule has 2 aliphatic rings. The smallest absolute Gasteiger partial charge is 0.285 e. The first-order chi connectivity index (χ1) is 9.45. The summed E-state index contributed by atoms with van der Waals surface area (Å²) in [7, 11) is 0. The largest absolute Gasteiger partial charge is 0.292 e. The molecular formula is C12H8FN3O4. The van der Waals surface area contributed by atoms with Crippen molar-refractivity contribution in [2.45, 2.75) is 18.6 Å². The van der Waals surface area contributed by atoms with Gasteiger partial charge < -0.3 is 0 Å². The number of fused-ring (bicyclic) bond motifs is 1. The van der Waals surface area contributed by atoms with Crippen LogP contribution in [-0.2, 0) is 9.59 Å². The van der Waals surface area contributed by atoms with E-state index in [4.69, 9.17) is 0 Å². The van der Waals surface area contributed by atoms with Crippen LogP contribution in [-0.4, -0.2) is 39.3 Å². The summed E-state index contributed by atoms with van der Waals surface area (Å²) in [5.74, 6) is -6.70. The van der Waals surface area contributed by atoms with E-state index in [1.807, 2.05) is 0 Å². The second kappa shape index (κ2) is 3.92. The number of halogens is 1. The molecule has 1 unspecified atom stereocenters. The lowest BCUT2D eigenvalue weighted by Gasteiger charge is -2.33. The summed E-state index contributed by atoms with van der Waals surface area (Å²) in [4.78, 5) is 50.9. The third-order valence-electron chi connectivity index (χ3n) is 3.29. The van der Waals surface area contributed by atoms with Crippen molar-refractivity contribution >= 4 is 23.6 Å². The van der Waals surface area contributed by atoms with Gasteiger partial charge in [-0.25, -0.2) is 9.29 Å². The standard InChI is InChI=1S/C12H8FN3O4/c13-12(4-3-7(17)15-11(12)20)16-9(18)6-2-1-5-14-8(6)10(16)19/h1-2,5H,3-4H2,(H,15,17,20). The summed E-state index contributed by atoms with van der Waals surface area (Å²) in [6.45, 7) is 0. The number of imide groups is 2. The second-order valence-electron chi connectivity index (χ2n) is 4.48. The Hall–Kier alpha value is -2.64. The average molecular weight is 277 g/mol. The molecule has 2 aliphatic heterocycles. The number of carbonyl (C=O) groups is 4. The van der Waals surface area contributed by atoms with Gasteiger partial charge in [0.1, 0.15) is 5.69 Å². The minimum atomic E-state index is -2.86. The van der Waals surface area contributed by atoms with Crippen LogP contribution in [0.2, 0.25) is 0 Å². The molecule has 1 atom stereocenters. The highest BCUT2D eigenvalue weighted by Crippen LogP contribution is 2.34. The highest BCUT2D eigenvalue weighted by Gasteiger charge is 2.56. The monoisotopic (exact) mass is 277 g/mol. The van der Waals surface area contributed by atoms with E-state index in [1.165, 1.54) is 18.3 Å². The first kappa shape index (κ1) is 12.4. The number of rotatable bonds is 1. The van der Waals surface area contributed by atoms with Crippen LogP contribution in [0.1, 0.15) is 33.7 Å². The number of nitrogens with one attached hydrogen (secondary N) is 1. The molecule has 0 spiro atoms. The summed E-state index contributed by atoms with van der Waals surface area (Å²) < 4.78 is 14.8. The zero-order valence-corrected chi connectivity index (χ0v) is 10.1. The van der Waals surface area contributed by atoms with E-state index in [-0.39, 0.29) is 22.6 Å². The molecule has 0 radical (unpaired) electrons. The second-order valence-corrected chi connectivity index (χ2v) is 4.48. The van der Waals surface area contributed by atoms with Gasteiger partial charge in [0.15, 0.2) is 0 Å². The summed E-state index contributed by atoms with van der Waals surface area (Å²) in [6.07, 6.45) is 0.453. The van der Waals surface area contributed by atoms with E-state index < -0.39 is 35.8 Å². The van der Waals surface area contributed by atoms with E-state index in [2.05, 4.69) is 4.98 Å². The van der Waals surface area contributed by atoms with Crippen molar-refractivity contribution in [1.29, 1.82) is 0 Å². The van der Waals surface area contributed by atoms with Gasteiger partial charge in [0.05, 0.1) is 5.56 Å². The minimum Gasteiger partial charge on any atom is -0.292 e. The fraction of sp³-hybridized carbons (Fsp3) is 0.250. The van der Waals surface area contributed by atoms with Gasteiger partial charge in [-0.15, -0.1) is 0 Å². The number of amides is 4. The van der Waals surface area contributed by atoms with Gasteiger partial charge in [0.2, 0.25) is 5.91 Å². The third-order valence-corrected chi connectivity index (χ3v) is 3.29. The summed E-state index contributed by atoms with van der Waals surface area (Å²) in [6, 6.07) is 2.76. The molecule has 1 fully saturated rings. The van der Waals surface area contributed by atoms with Crippen LogP contribution >= 0.6 is 0 Å². The Morgan fingerprint density at radius 1 is 1.25 bits per heavy atom. The van der Waals surface area contributed by atoms with Crippen molar-refractivity contribution in [3.63, 3.8) is 0 Å². The molecule has 102 valence electrons. The number of hydrogen-bond acceptors (Lipinski definition) is 5. The Bertz CT molecular complexity index is 639. The maximum Gasteiger partial charge on any atom is 0.285 e. The highest BCUT2D eigenvalue weighted by molar-refractivity contribution is 6.23. The van der Waals surface area contributed by atoms with Crippen LogP contribution in [0.3, 0.4) is 0 Å². The van der Waals surface area contributed by atoms with Crippen molar-refractivity contribution in [2.75, 3.05) is 0 Å². The van der Waals surface area contributed by atoms with Gasteiger partial charge in [-0.3, -0.25) is 29.5 Å².